The van der Waals surface area contributed by atoms with Crippen LogP contribution in [0.4, 0.5) is 5.69 Å². The molecule has 0 bridgehead atoms. The first-order valence-electron chi connectivity index (χ1n) is 8.46. The second-order valence-electron chi connectivity index (χ2n) is 5.75. The number of amidine groups is 1. The summed E-state index contributed by atoms with van der Waals surface area (Å²) in [7, 11) is 1.61. The van der Waals surface area contributed by atoms with Crippen LogP contribution < -0.4 is 10.1 Å². The van der Waals surface area contributed by atoms with Crippen LogP contribution in [-0.4, -0.2) is 18.2 Å². The fourth-order valence-corrected chi connectivity index (χ4v) is 4.08. The van der Waals surface area contributed by atoms with Crippen LogP contribution in [0.3, 0.4) is 0 Å². The molecule has 1 aliphatic rings. The average molecular weight is 409 g/mol. The molecule has 3 aromatic rings. The van der Waals surface area contributed by atoms with Crippen LogP contribution in [0.2, 0.25) is 0 Å². The molecule has 7 heteroatoms. The number of thioether (sulfide) groups is 1. The number of nitrogens with zero attached hydrogens (tertiary/aromatic N) is 1. The van der Waals surface area contributed by atoms with Crippen LogP contribution in [0, 0.1) is 0 Å². The Morgan fingerprint density at radius 2 is 1.86 bits per heavy atom. The first kappa shape index (κ1) is 18.5. The van der Waals surface area contributed by atoms with E-state index >= 15 is 0 Å². The summed E-state index contributed by atoms with van der Waals surface area (Å²) in [5, 5.41) is 4.08. The van der Waals surface area contributed by atoms with E-state index in [1.54, 1.807) is 13.2 Å². The van der Waals surface area contributed by atoms with Crippen LogP contribution in [0.15, 0.2) is 91.0 Å². The molecule has 1 saturated heterocycles. The Kier molecular flexibility index (Phi) is 5.55. The highest BCUT2D eigenvalue weighted by Crippen LogP contribution is 2.32. The van der Waals surface area contributed by atoms with Gasteiger partial charge >= 0.3 is 0 Å². The molecular weight excluding hydrogens is 392 g/mol. The number of aliphatic imine (C=N–C) groups is 1. The standard InChI is InChI=1S/C21H16N2O3S2/c1-25-15-9-7-14(8-10-15)22-21-23-20(24)18(28-21)13-16-11-12-19(26-16)27-17-5-3-2-4-6-17/h2-13H,1H3,(H,22,23,24)/b18-13-. The van der Waals surface area contributed by atoms with E-state index < -0.39 is 0 Å². The summed E-state index contributed by atoms with van der Waals surface area (Å²) >= 11 is 2.82. The number of ether oxygens (including phenoxy) is 1. The molecule has 0 unspecified atom stereocenters. The van der Waals surface area contributed by atoms with Gasteiger partial charge in [0, 0.05) is 11.0 Å². The minimum Gasteiger partial charge on any atom is -0.497 e. The third-order valence-electron chi connectivity index (χ3n) is 3.79. The van der Waals surface area contributed by atoms with Gasteiger partial charge in [-0.1, -0.05) is 30.0 Å². The molecule has 0 atom stereocenters. The van der Waals surface area contributed by atoms with Gasteiger partial charge in [0.05, 0.1) is 17.7 Å². The van der Waals surface area contributed by atoms with Crippen LogP contribution in [0.25, 0.3) is 6.08 Å². The van der Waals surface area contributed by atoms with Gasteiger partial charge in [-0.25, -0.2) is 4.99 Å². The summed E-state index contributed by atoms with van der Waals surface area (Å²) in [6.07, 6.45) is 1.73. The van der Waals surface area contributed by atoms with E-state index in [0.717, 1.165) is 21.4 Å². The second kappa shape index (κ2) is 8.41. The predicted molar refractivity (Wildman–Crippen MR) is 113 cm³/mol. The Bertz CT molecular complexity index is 1040. The minimum absolute atomic E-state index is 0.189. The van der Waals surface area contributed by atoms with Crippen molar-refractivity contribution in [3.05, 3.63) is 77.4 Å². The quantitative estimate of drug-likeness (QED) is 0.578. The van der Waals surface area contributed by atoms with E-state index in [1.165, 1.54) is 23.5 Å². The molecule has 28 heavy (non-hydrogen) atoms. The molecule has 0 aliphatic carbocycles. The Balaban J connectivity index is 1.46. The summed E-state index contributed by atoms with van der Waals surface area (Å²) < 4.78 is 11.0. The summed E-state index contributed by atoms with van der Waals surface area (Å²) in [5.41, 5.74) is 0.740. The third-order valence-corrected chi connectivity index (χ3v) is 5.63. The van der Waals surface area contributed by atoms with Crippen LogP contribution in [-0.2, 0) is 4.79 Å². The number of hydrogen-bond acceptors (Lipinski definition) is 6. The number of carbonyl (C=O) groups excluding carboxylic acids is 1. The van der Waals surface area contributed by atoms with Gasteiger partial charge in [-0.3, -0.25) is 4.79 Å². The van der Waals surface area contributed by atoms with Gasteiger partial charge in [0.2, 0.25) is 0 Å². The van der Waals surface area contributed by atoms with Gasteiger partial charge in [-0.15, -0.1) is 0 Å². The smallest absolute Gasteiger partial charge is 0.264 e. The van der Waals surface area contributed by atoms with Crippen molar-refractivity contribution >= 4 is 46.4 Å². The lowest BCUT2D eigenvalue weighted by Crippen LogP contribution is -2.19. The molecule has 4 rings (SSSR count). The maximum absolute atomic E-state index is 12.2. The zero-order valence-electron chi connectivity index (χ0n) is 14.9. The topological polar surface area (TPSA) is 63.8 Å². The number of hydrogen-bond donors (Lipinski definition) is 1. The number of carbonyl (C=O) groups is 1. The van der Waals surface area contributed by atoms with Gasteiger partial charge in [-0.2, -0.15) is 0 Å². The number of rotatable bonds is 5. The van der Waals surface area contributed by atoms with E-state index in [4.69, 9.17) is 9.15 Å². The number of benzene rings is 2. The second-order valence-corrected chi connectivity index (χ2v) is 7.86. The molecule has 1 N–H and O–H groups in total. The van der Waals surface area contributed by atoms with Crippen molar-refractivity contribution in [2.24, 2.45) is 4.99 Å². The monoisotopic (exact) mass is 408 g/mol. The number of furan rings is 1. The van der Waals surface area contributed by atoms with Crippen LogP contribution in [0.5, 0.6) is 5.75 Å². The van der Waals surface area contributed by atoms with Gasteiger partial charge in [-0.05, 0) is 60.3 Å². The highest BCUT2D eigenvalue weighted by molar-refractivity contribution is 8.18. The lowest BCUT2D eigenvalue weighted by Gasteiger charge is -1.99. The van der Waals surface area contributed by atoms with Gasteiger partial charge < -0.3 is 14.5 Å². The lowest BCUT2D eigenvalue weighted by molar-refractivity contribution is -0.115. The Labute approximate surface area is 170 Å². The molecule has 1 aromatic heterocycles. The largest absolute Gasteiger partial charge is 0.497 e. The average Bonchev–Trinajstić information content (AvgIpc) is 3.29. The van der Waals surface area contributed by atoms with Crippen LogP contribution >= 0.6 is 23.5 Å². The number of methoxy groups -OCH3 is 1. The Morgan fingerprint density at radius 3 is 2.61 bits per heavy atom. The molecule has 0 saturated carbocycles. The summed E-state index contributed by atoms with van der Waals surface area (Å²) in [6, 6.07) is 21.1. The molecule has 1 fully saturated rings. The van der Waals surface area contributed by atoms with Crippen molar-refractivity contribution < 1.29 is 13.9 Å². The number of nitrogens with one attached hydrogen (secondary N) is 1. The summed E-state index contributed by atoms with van der Waals surface area (Å²) in [6.45, 7) is 0. The molecule has 2 heterocycles. The van der Waals surface area contributed by atoms with E-state index in [0.29, 0.717) is 15.8 Å². The van der Waals surface area contributed by atoms with Crippen LogP contribution in [0.1, 0.15) is 5.76 Å². The van der Waals surface area contributed by atoms with Crippen molar-refractivity contribution in [3.8, 4) is 5.75 Å². The Morgan fingerprint density at radius 1 is 1.07 bits per heavy atom. The molecular formula is C21H16N2O3S2. The zero-order valence-corrected chi connectivity index (χ0v) is 16.5. The first-order valence-corrected chi connectivity index (χ1v) is 10.1. The molecule has 1 aliphatic heterocycles. The fraction of sp³-hybridized carbons (Fsp3) is 0.0476. The minimum atomic E-state index is -0.189. The van der Waals surface area contributed by atoms with Crippen molar-refractivity contribution in [2.75, 3.05) is 7.11 Å². The molecule has 1 amide bonds. The summed E-state index contributed by atoms with van der Waals surface area (Å²) in [4.78, 5) is 18.3. The van der Waals surface area contributed by atoms with Gasteiger partial charge in [0.15, 0.2) is 10.3 Å². The molecule has 0 radical (unpaired) electrons. The van der Waals surface area contributed by atoms with E-state index in [2.05, 4.69) is 10.3 Å². The first-order chi connectivity index (χ1) is 13.7. The Hall–Kier alpha value is -2.90. The molecule has 0 spiro atoms. The normalized spacial score (nSPS) is 16.5. The maximum atomic E-state index is 12.2. The van der Waals surface area contributed by atoms with Gasteiger partial charge in [0.1, 0.15) is 11.5 Å². The van der Waals surface area contributed by atoms with Crippen molar-refractivity contribution in [1.82, 2.24) is 5.32 Å². The van der Waals surface area contributed by atoms with Crippen molar-refractivity contribution in [3.63, 3.8) is 0 Å². The SMILES string of the molecule is COc1ccc(N=C2NC(=O)/C(=C/c3ccc(Sc4ccccc4)o3)S2)cc1. The number of amides is 1. The van der Waals surface area contributed by atoms with E-state index in [-0.39, 0.29) is 5.91 Å². The fourth-order valence-electron chi connectivity index (χ4n) is 2.46. The molecule has 5 nitrogen and oxygen atoms in total. The molecule has 2 aromatic carbocycles. The summed E-state index contributed by atoms with van der Waals surface area (Å²) in [5.74, 6) is 1.20. The predicted octanol–water partition coefficient (Wildman–Crippen LogP) is 5.33. The molecule has 140 valence electrons. The van der Waals surface area contributed by atoms with Gasteiger partial charge in [0.25, 0.3) is 5.91 Å². The van der Waals surface area contributed by atoms with Crippen molar-refractivity contribution in [2.45, 2.75) is 9.99 Å². The van der Waals surface area contributed by atoms with E-state index in [9.17, 15) is 4.79 Å². The third kappa shape index (κ3) is 4.49. The highest BCUT2D eigenvalue weighted by atomic mass is 32.2. The lowest BCUT2D eigenvalue weighted by atomic mass is 10.3. The van der Waals surface area contributed by atoms with E-state index in [1.807, 2.05) is 66.7 Å². The zero-order chi connectivity index (χ0) is 19.3. The maximum Gasteiger partial charge on any atom is 0.264 e. The van der Waals surface area contributed by atoms with Crippen molar-refractivity contribution in [1.29, 1.82) is 0 Å². The highest BCUT2D eigenvalue weighted by Gasteiger charge is 2.24.